The van der Waals surface area contributed by atoms with Crippen LogP contribution in [0.4, 0.5) is 28.9 Å². The topological polar surface area (TPSA) is 71.1 Å². The molecule has 0 fully saturated rings. The molecule has 1 aromatic heterocycles. The Labute approximate surface area is 191 Å². The van der Waals surface area contributed by atoms with E-state index in [0.29, 0.717) is 22.2 Å². The van der Waals surface area contributed by atoms with Crippen molar-refractivity contribution in [3.8, 4) is 11.3 Å². The third-order valence-electron chi connectivity index (χ3n) is 4.99. The number of aromatic nitrogens is 1. The normalized spacial score (nSPS) is 11.3. The molecule has 0 bridgehead atoms. The fraction of sp³-hybridized carbons (Fsp3) is 0.0800. The molecule has 0 aliphatic rings. The Morgan fingerprint density at radius 1 is 0.882 bits per heavy atom. The minimum absolute atomic E-state index is 0.0502. The highest BCUT2D eigenvalue weighted by Gasteiger charge is 2.34. The maximum Gasteiger partial charge on any atom is 0.418 e. The molecule has 0 aliphatic heterocycles. The SMILES string of the molecule is CC(=O)Nc1ccc(NC(=O)c2cc(-c3ccc(F)cc3)nc3ccccc23)c(C(F)(F)F)c1. The number of anilines is 2. The number of fused-ring (bicyclic) bond motifs is 1. The second-order valence-electron chi connectivity index (χ2n) is 7.47. The van der Waals surface area contributed by atoms with Gasteiger partial charge in [-0.1, -0.05) is 18.2 Å². The number of amides is 2. The van der Waals surface area contributed by atoms with Crippen LogP contribution >= 0.6 is 0 Å². The summed E-state index contributed by atoms with van der Waals surface area (Å²) in [6.07, 6.45) is -4.78. The second-order valence-corrected chi connectivity index (χ2v) is 7.47. The molecule has 0 spiro atoms. The van der Waals surface area contributed by atoms with Crippen molar-refractivity contribution in [1.82, 2.24) is 4.98 Å². The molecule has 0 aliphatic carbocycles. The lowest BCUT2D eigenvalue weighted by Gasteiger charge is -2.16. The smallest absolute Gasteiger partial charge is 0.326 e. The van der Waals surface area contributed by atoms with Crippen molar-refractivity contribution in [2.45, 2.75) is 13.1 Å². The molecular formula is C25H17F4N3O2. The number of halogens is 4. The van der Waals surface area contributed by atoms with Crippen molar-refractivity contribution in [2.75, 3.05) is 10.6 Å². The van der Waals surface area contributed by atoms with E-state index in [-0.39, 0.29) is 11.3 Å². The fourth-order valence-electron chi connectivity index (χ4n) is 3.49. The van der Waals surface area contributed by atoms with Gasteiger partial charge in [0.1, 0.15) is 5.82 Å². The molecular weight excluding hydrogens is 450 g/mol. The van der Waals surface area contributed by atoms with Gasteiger partial charge in [-0.2, -0.15) is 13.2 Å². The number of hydrogen-bond acceptors (Lipinski definition) is 3. The van der Waals surface area contributed by atoms with E-state index < -0.39 is 35.1 Å². The van der Waals surface area contributed by atoms with Crippen molar-refractivity contribution < 1.29 is 27.2 Å². The first kappa shape index (κ1) is 22.9. The molecule has 0 saturated heterocycles. The van der Waals surface area contributed by atoms with E-state index in [1.807, 2.05) is 0 Å². The summed E-state index contributed by atoms with van der Waals surface area (Å²) in [5.41, 5.74) is -0.168. The van der Waals surface area contributed by atoms with Crippen LogP contribution in [0.1, 0.15) is 22.8 Å². The minimum Gasteiger partial charge on any atom is -0.326 e. The molecule has 172 valence electrons. The second kappa shape index (κ2) is 8.93. The molecule has 2 amide bonds. The van der Waals surface area contributed by atoms with E-state index in [1.165, 1.54) is 43.3 Å². The molecule has 9 heteroatoms. The van der Waals surface area contributed by atoms with Crippen LogP contribution in [-0.4, -0.2) is 16.8 Å². The van der Waals surface area contributed by atoms with E-state index in [9.17, 15) is 27.2 Å². The third kappa shape index (κ3) is 4.88. The van der Waals surface area contributed by atoms with Crippen molar-refractivity contribution >= 4 is 34.1 Å². The van der Waals surface area contributed by atoms with Gasteiger partial charge in [0.05, 0.1) is 28.0 Å². The Morgan fingerprint density at radius 3 is 2.26 bits per heavy atom. The summed E-state index contributed by atoms with van der Waals surface area (Å²) in [6, 6.07) is 16.7. The number of nitrogens with one attached hydrogen (secondary N) is 2. The first-order chi connectivity index (χ1) is 16.1. The first-order valence-corrected chi connectivity index (χ1v) is 10.1. The summed E-state index contributed by atoms with van der Waals surface area (Å²) >= 11 is 0. The van der Waals surface area contributed by atoms with Gasteiger partial charge in [0.25, 0.3) is 5.91 Å². The molecule has 0 unspecified atom stereocenters. The van der Waals surface area contributed by atoms with Gasteiger partial charge in [0.15, 0.2) is 0 Å². The number of carbonyl (C=O) groups excluding carboxylic acids is 2. The van der Waals surface area contributed by atoms with E-state index in [2.05, 4.69) is 15.6 Å². The molecule has 1 heterocycles. The van der Waals surface area contributed by atoms with Gasteiger partial charge in [-0.15, -0.1) is 0 Å². The first-order valence-electron chi connectivity index (χ1n) is 10.1. The third-order valence-corrected chi connectivity index (χ3v) is 4.99. The quantitative estimate of drug-likeness (QED) is 0.348. The molecule has 3 aromatic carbocycles. The molecule has 4 rings (SSSR count). The van der Waals surface area contributed by atoms with Crippen LogP contribution in [0.25, 0.3) is 22.2 Å². The van der Waals surface area contributed by atoms with Gasteiger partial charge in [0.2, 0.25) is 5.91 Å². The Morgan fingerprint density at radius 2 is 1.59 bits per heavy atom. The Balaban J connectivity index is 1.78. The number of benzene rings is 3. The summed E-state index contributed by atoms with van der Waals surface area (Å²) in [6.45, 7) is 1.18. The summed E-state index contributed by atoms with van der Waals surface area (Å²) in [5.74, 6) is -1.74. The van der Waals surface area contributed by atoms with E-state index >= 15 is 0 Å². The van der Waals surface area contributed by atoms with Gasteiger partial charge in [0, 0.05) is 23.6 Å². The molecule has 34 heavy (non-hydrogen) atoms. The molecule has 2 N–H and O–H groups in total. The monoisotopic (exact) mass is 467 g/mol. The lowest BCUT2D eigenvalue weighted by Crippen LogP contribution is -2.18. The molecule has 4 aromatic rings. The zero-order chi connectivity index (χ0) is 24.5. The van der Waals surface area contributed by atoms with Crippen LogP contribution in [0.5, 0.6) is 0 Å². The largest absolute Gasteiger partial charge is 0.418 e. The van der Waals surface area contributed by atoms with Gasteiger partial charge in [-0.05, 0) is 54.6 Å². The highest BCUT2D eigenvalue weighted by molar-refractivity contribution is 6.13. The summed E-state index contributed by atoms with van der Waals surface area (Å²) in [7, 11) is 0. The zero-order valence-corrected chi connectivity index (χ0v) is 17.7. The van der Waals surface area contributed by atoms with Crippen LogP contribution in [-0.2, 0) is 11.0 Å². The summed E-state index contributed by atoms with van der Waals surface area (Å²) in [5, 5.41) is 5.07. The maximum atomic E-state index is 13.7. The van der Waals surface area contributed by atoms with Crippen molar-refractivity contribution in [1.29, 1.82) is 0 Å². The van der Waals surface area contributed by atoms with Crippen molar-refractivity contribution in [2.24, 2.45) is 0 Å². The van der Waals surface area contributed by atoms with Crippen LogP contribution in [0, 0.1) is 5.82 Å². The van der Waals surface area contributed by atoms with Crippen LogP contribution in [0.3, 0.4) is 0 Å². The number of hydrogen-bond donors (Lipinski definition) is 2. The molecule has 0 atom stereocenters. The van der Waals surface area contributed by atoms with Gasteiger partial charge in [-0.25, -0.2) is 9.37 Å². The fourth-order valence-corrected chi connectivity index (χ4v) is 3.49. The average Bonchev–Trinajstić information content (AvgIpc) is 2.78. The van der Waals surface area contributed by atoms with Crippen LogP contribution < -0.4 is 10.6 Å². The van der Waals surface area contributed by atoms with Gasteiger partial charge in [-0.3, -0.25) is 9.59 Å². The van der Waals surface area contributed by atoms with E-state index in [4.69, 9.17) is 0 Å². The highest BCUT2D eigenvalue weighted by atomic mass is 19.4. The van der Waals surface area contributed by atoms with Gasteiger partial charge >= 0.3 is 6.18 Å². The Bertz CT molecular complexity index is 1400. The predicted octanol–water partition coefficient (Wildman–Crippen LogP) is 6.27. The van der Waals surface area contributed by atoms with Crippen LogP contribution in [0.15, 0.2) is 72.8 Å². The van der Waals surface area contributed by atoms with Gasteiger partial charge < -0.3 is 10.6 Å². The average molecular weight is 467 g/mol. The van der Waals surface area contributed by atoms with E-state index in [1.54, 1.807) is 24.3 Å². The molecule has 5 nitrogen and oxygen atoms in total. The summed E-state index contributed by atoms with van der Waals surface area (Å²) < 4.78 is 54.4. The Hall–Kier alpha value is -4.27. The highest BCUT2D eigenvalue weighted by Crippen LogP contribution is 2.37. The number of para-hydroxylation sites is 1. The Kier molecular flexibility index (Phi) is 6.02. The lowest BCUT2D eigenvalue weighted by molar-refractivity contribution is -0.137. The number of nitrogens with zero attached hydrogens (tertiary/aromatic N) is 1. The lowest BCUT2D eigenvalue weighted by atomic mass is 10.0. The maximum absolute atomic E-state index is 13.7. The van der Waals surface area contributed by atoms with Crippen LogP contribution in [0.2, 0.25) is 0 Å². The standard InChI is InChI=1S/C25H17F4N3O2/c1-14(33)30-17-10-11-22(20(12-17)25(27,28)29)32-24(34)19-13-23(15-6-8-16(26)9-7-15)31-21-5-3-2-4-18(19)21/h2-13H,1H3,(H,30,33)(H,32,34). The summed E-state index contributed by atoms with van der Waals surface area (Å²) in [4.78, 5) is 28.9. The number of pyridine rings is 1. The zero-order valence-electron chi connectivity index (χ0n) is 17.7. The minimum atomic E-state index is -4.78. The van der Waals surface area contributed by atoms with Crippen molar-refractivity contribution in [3.63, 3.8) is 0 Å². The predicted molar refractivity (Wildman–Crippen MR) is 121 cm³/mol. The van der Waals surface area contributed by atoms with E-state index in [0.717, 1.165) is 12.1 Å². The number of alkyl halides is 3. The number of carbonyl (C=O) groups is 2. The molecule has 0 radical (unpaired) electrons. The number of rotatable bonds is 4. The van der Waals surface area contributed by atoms with Crippen molar-refractivity contribution in [3.05, 3.63) is 89.7 Å². The molecule has 0 saturated carbocycles.